The summed E-state index contributed by atoms with van der Waals surface area (Å²) in [6.45, 7) is 0. The van der Waals surface area contributed by atoms with Crippen LogP contribution < -0.4 is 4.74 Å². The molecule has 2 aromatic rings. The highest BCUT2D eigenvalue weighted by atomic mass is 19.1. The van der Waals surface area contributed by atoms with E-state index in [1.807, 2.05) is 0 Å². The number of ketones is 1. The fourth-order valence-electron chi connectivity index (χ4n) is 2.16. The van der Waals surface area contributed by atoms with Crippen molar-refractivity contribution < 1.29 is 13.9 Å². The standard InChI is InChI=1S/C12H9FN2O2/c1-17-12-8(13)3-2-6-4-9-7(5-14-15-9)11(16)10(6)12/h2-3,5H,4H2,1H3,(H,14,15). The molecule has 1 aromatic heterocycles. The highest BCUT2D eigenvalue weighted by Gasteiger charge is 2.29. The van der Waals surface area contributed by atoms with Crippen molar-refractivity contribution in [2.75, 3.05) is 7.11 Å². The highest BCUT2D eigenvalue weighted by Crippen LogP contribution is 2.33. The van der Waals surface area contributed by atoms with E-state index in [9.17, 15) is 9.18 Å². The minimum Gasteiger partial charge on any atom is -0.493 e. The van der Waals surface area contributed by atoms with E-state index in [-0.39, 0.29) is 11.5 Å². The average Bonchev–Trinajstić information content (AvgIpc) is 2.78. The summed E-state index contributed by atoms with van der Waals surface area (Å²) in [6.07, 6.45) is 2.00. The van der Waals surface area contributed by atoms with Gasteiger partial charge in [-0.2, -0.15) is 5.10 Å². The SMILES string of the molecule is COc1c(F)ccc2c1C(=O)c1cn[nH]c1C2. The summed E-state index contributed by atoms with van der Waals surface area (Å²) >= 11 is 0. The van der Waals surface area contributed by atoms with Crippen LogP contribution in [0.1, 0.15) is 27.2 Å². The number of carbonyl (C=O) groups is 1. The van der Waals surface area contributed by atoms with E-state index in [1.165, 1.54) is 19.4 Å². The number of ether oxygens (including phenoxy) is 1. The molecule has 0 saturated carbocycles. The Labute approximate surface area is 96.4 Å². The van der Waals surface area contributed by atoms with Crippen LogP contribution in [-0.4, -0.2) is 23.1 Å². The number of hydrogen-bond acceptors (Lipinski definition) is 3. The van der Waals surface area contributed by atoms with Crippen LogP contribution in [0.25, 0.3) is 0 Å². The first-order chi connectivity index (χ1) is 8.22. The molecule has 0 radical (unpaired) electrons. The Bertz CT molecular complexity index is 619. The van der Waals surface area contributed by atoms with Gasteiger partial charge in [-0.15, -0.1) is 0 Å². The molecule has 0 bridgehead atoms. The molecule has 1 aliphatic carbocycles. The number of nitrogens with zero attached hydrogens (tertiary/aromatic N) is 1. The average molecular weight is 232 g/mol. The van der Waals surface area contributed by atoms with Crippen LogP contribution in [0.2, 0.25) is 0 Å². The Hall–Kier alpha value is -2.17. The van der Waals surface area contributed by atoms with E-state index in [0.29, 0.717) is 17.5 Å². The maximum absolute atomic E-state index is 13.6. The fourth-order valence-corrected chi connectivity index (χ4v) is 2.16. The van der Waals surface area contributed by atoms with Gasteiger partial charge in [-0.25, -0.2) is 4.39 Å². The summed E-state index contributed by atoms with van der Waals surface area (Å²) in [5.74, 6) is -0.753. The summed E-state index contributed by atoms with van der Waals surface area (Å²) in [7, 11) is 1.36. The largest absolute Gasteiger partial charge is 0.493 e. The van der Waals surface area contributed by atoms with Crippen LogP contribution in [0.3, 0.4) is 0 Å². The molecular formula is C12H9FN2O2. The molecule has 0 saturated heterocycles. The Kier molecular flexibility index (Phi) is 2.01. The van der Waals surface area contributed by atoms with E-state index in [0.717, 1.165) is 11.3 Å². The Balaban J connectivity index is 2.27. The normalized spacial score (nSPS) is 13.2. The zero-order valence-electron chi connectivity index (χ0n) is 9.08. The van der Waals surface area contributed by atoms with Gasteiger partial charge in [-0.05, 0) is 11.6 Å². The molecule has 0 atom stereocenters. The van der Waals surface area contributed by atoms with Crippen LogP contribution in [0, 0.1) is 5.82 Å². The number of nitrogens with one attached hydrogen (secondary N) is 1. The third-order valence-electron chi connectivity index (χ3n) is 2.96. The Morgan fingerprint density at radius 2 is 2.29 bits per heavy atom. The molecule has 1 aliphatic rings. The minimum atomic E-state index is -0.522. The number of methoxy groups -OCH3 is 1. The molecule has 17 heavy (non-hydrogen) atoms. The summed E-state index contributed by atoms with van der Waals surface area (Å²) < 4.78 is 18.5. The molecule has 3 rings (SSSR count). The van der Waals surface area contributed by atoms with Crippen LogP contribution in [0.5, 0.6) is 5.75 Å². The van der Waals surface area contributed by atoms with E-state index in [1.54, 1.807) is 6.07 Å². The van der Waals surface area contributed by atoms with Crippen molar-refractivity contribution in [1.82, 2.24) is 10.2 Å². The van der Waals surface area contributed by atoms with Gasteiger partial charge in [-0.3, -0.25) is 9.89 Å². The zero-order valence-corrected chi connectivity index (χ0v) is 9.08. The van der Waals surface area contributed by atoms with Gasteiger partial charge in [0.25, 0.3) is 0 Å². The smallest absolute Gasteiger partial charge is 0.200 e. The van der Waals surface area contributed by atoms with E-state index in [2.05, 4.69) is 10.2 Å². The molecule has 0 amide bonds. The molecule has 0 unspecified atom stereocenters. The number of carbonyl (C=O) groups excluding carboxylic acids is 1. The molecule has 0 aliphatic heterocycles. The van der Waals surface area contributed by atoms with Crippen molar-refractivity contribution >= 4 is 5.78 Å². The van der Waals surface area contributed by atoms with E-state index >= 15 is 0 Å². The highest BCUT2D eigenvalue weighted by molar-refractivity contribution is 6.13. The molecule has 5 heteroatoms. The first-order valence-electron chi connectivity index (χ1n) is 5.14. The second kappa shape index (κ2) is 3.41. The van der Waals surface area contributed by atoms with Crippen molar-refractivity contribution in [3.63, 3.8) is 0 Å². The van der Waals surface area contributed by atoms with Gasteiger partial charge < -0.3 is 4.74 Å². The monoisotopic (exact) mass is 232 g/mol. The molecule has 1 N–H and O–H groups in total. The molecule has 86 valence electrons. The molecular weight excluding hydrogens is 223 g/mol. The Morgan fingerprint density at radius 1 is 1.47 bits per heavy atom. The van der Waals surface area contributed by atoms with Crippen molar-refractivity contribution in [3.05, 3.63) is 46.5 Å². The minimum absolute atomic E-state index is 0.0133. The molecule has 4 nitrogen and oxygen atoms in total. The van der Waals surface area contributed by atoms with Crippen molar-refractivity contribution in [2.24, 2.45) is 0 Å². The lowest BCUT2D eigenvalue weighted by Gasteiger charge is -2.17. The summed E-state index contributed by atoms with van der Waals surface area (Å²) in [5.41, 5.74) is 2.31. The van der Waals surface area contributed by atoms with Gasteiger partial charge in [0.05, 0.1) is 30.1 Å². The van der Waals surface area contributed by atoms with Gasteiger partial charge >= 0.3 is 0 Å². The van der Waals surface area contributed by atoms with Crippen molar-refractivity contribution in [3.8, 4) is 5.75 Å². The lowest BCUT2D eigenvalue weighted by Crippen LogP contribution is -2.16. The van der Waals surface area contributed by atoms with E-state index < -0.39 is 5.82 Å². The van der Waals surface area contributed by atoms with Crippen LogP contribution >= 0.6 is 0 Å². The number of aromatic amines is 1. The Morgan fingerprint density at radius 3 is 3.06 bits per heavy atom. The number of halogens is 1. The second-order valence-electron chi connectivity index (χ2n) is 3.88. The number of aromatic nitrogens is 2. The third kappa shape index (κ3) is 1.28. The topological polar surface area (TPSA) is 55.0 Å². The number of H-pyrrole nitrogens is 1. The summed E-state index contributed by atoms with van der Waals surface area (Å²) in [5, 5.41) is 6.61. The molecule has 1 aromatic carbocycles. The first kappa shape index (κ1) is 10.0. The van der Waals surface area contributed by atoms with Gasteiger partial charge in [0.2, 0.25) is 5.78 Å². The molecule has 0 spiro atoms. The number of hydrogen-bond donors (Lipinski definition) is 1. The zero-order chi connectivity index (χ0) is 12.0. The van der Waals surface area contributed by atoms with Gasteiger partial charge in [0, 0.05) is 6.42 Å². The predicted octanol–water partition coefficient (Wildman–Crippen LogP) is 1.69. The number of rotatable bonds is 1. The maximum atomic E-state index is 13.6. The van der Waals surface area contributed by atoms with Crippen LogP contribution in [-0.2, 0) is 6.42 Å². The summed E-state index contributed by atoms with van der Waals surface area (Å²) in [6, 6.07) is 2.92. The fraction of sp³-hybridized carbons (Fsp3) is 0.167. The third-order valence-corrected chi connectivity index (χ3v) is 2.96. The van der Waals surface area contributed by atoms with Crippen LogP contribution in [0.15, 0.2) is 18.3 Å². The summed E-state index contributed by atoms with van der Waals surface area (Å²) in [4.78, 5) is 12.2. The van der Waals surface area contributed by atoms with E-state index in [4.69, 9.17) is 4.74 Å². The van der Waals surface area contributed by atoms with Gasteiger partial charge in [0.15, 0.2) is 11.6 Å². The van der Waals surface area contributed by atoms with Gasteiger partial charge in [-0.1, -0.05) is 6.07 Å². The molecule has 1 heterocycles. The maximum Gasteiger partial charge on any atom is 0.200 e. The predicted molar refractivity (Wildman–Crippen MR) is 57.8 cm³/mol. The van der Waals surface area contributed by atoms with Gasteiger partial charge in [0.1, 0.15) is 0 Å². The van der Waals surface area contributed by atoms with Crippen molar-refractivity contribution in [1.29, 1.82) is 0 Å². The first-order valence-corrected chi connectivity index (χ1v) is 5.14. The lowest BCUT2D eigenvalue weighted by molar-refractivity contribution is 0.103. The quantitative estimate of drug-likeness (QED) is 0.694. The number of fused-ring (bicyclic) bond motifs is 2. The lowest BCUT2D eigenvalue weighted by atomic mass is 9.88. The number of benzene rings is 1. The molecule has 0 fully saturated rings. The second-order valence-corrected chi connectivity index (χ2v) is 3.88. The van der Waals surface area contributed by atoms with Crippen molar-refractivity contribution in [2.45, 2.75) is 6.42 Å². The van der Waals surface area contributed by atoms with Crippen LogP contribution in [0.4, 0.5) is 4.39 Å².